The van der Waals surface area contributed by atoms with Crippen molar-refractivity contribution in [3.63, 3.8) is 0 Å². The van der Waals surface area contributed by atoms with Gasteiger partial charge in [-0.15, -0.1) is 5.10 Å². The van der Waals surface area contributed by atoms with Gasteiger partial charge in [0.1, 0.15) is 0 Å². The highest BCUT2D eigenvalue weighted by atomic mass is 15.4. The number of hydrogen-bond donors (Lipinski definition) is 1. The molecule has 2 aromatic rings. The van der Waals surface area contributed by atoms with Crippen LogP contribution in [0, 0.1) is 12.8 Å². The third-order valence-electron chi connectivity index (χ3n) is 5.04. The fourth-order valence-electron chi connectivity index (χ4n) is 3.78. The Bertz CT molecular complexity index is 621. The highest BCUT2D eigenvalue weighted by molar-refractivity contribution is 5.50. The number of nitrogens with one attached hydrogen (secondary N) is 1. The molecule has 0 saturated carbocycles. The summed E-state index contributed by atoms with van der Waals surface area (Å²) in [6.45, 7) is 5.46. The van der Waals surface area contributed by atoms with Crippen molar-refractivity contribution in [1.82, 2.24) is 19.9 Å². The Hall–Kier alpha value is -1.62. The monoisotopic (exact) mass is 285 g/mol. The molecule has 5 nitrogen and oxygen atoms in total. The molecule has 0 amide bonds. The molecular formula is C16H23N5. The third-order valence-corrected chi connectivity index (χ3v) is 5.04. The minimum absolute atomic E-state index is 0.753. The fourth-order valence-corrected chi connectivity index (χ4v) is 3.78. The lowest BCUT2D eigenvalue weighted by atomic mass is 9.89. The molecule has 1 unspecified atom stereocenters. The second-order valence-electron chi connectivity index (χ2n) is 6.40. The molecule has 2 saturated heterocycles. The van der Waals surface area contributed by atoms with Crippen LogP contribution in [0.15, 0.2) is 18.3 Å². The topological polar surface area (TPSA) is 45.5 Å². The third kappa shape index (κ3) is 2.39. The summed E-state index contributed by atoms with van der Waals surface area (Å²) in [6, 6.07) is 4.87. The highest BCUT2D eigenvalue weighted by Gasteiger charge is 2.29. The van der Waals surface area contributed by atoms with Crippen LogP contribution in [0.4, 0.5) is 5.95 Å². The molecule has 5 heteroatoms. The maximum absolute atomic E-state index is 4.72. The smallest absolute Gasteiger partial charge is 0.245 e. The van der Waals surface area contributed by atoms with Crippen LogP contribution in [0.1, 0.15) is 31.2 Å². The molecule has 1 atom stereocenters. The van der Waals surface area contributed by atoms with Crippen molar-refractivity contribution < 1.29 is 0 Å². The van der Waals surface area contributed by atoms with Gasteiger partial charge in [-0.2, -0.15) is 4.98 Å². The lowest BCUT2D eigenvalue weighted by Gasteiger charge is -2.34. The molecule has 1 N–H and O–H groups in total. The quantitative estimate of drug-likeness (QED) is 0.917. The van der Waals surface area contributed by atoms with Gasteiger partial charge < -0.3 is 10.2 Å². The highest BCUT2D eigenvalue weighted by Crippen LogP contribution is 2.27. The second-order valence-corrected chi connectivity index (χ2v) is 6.40. The molecule has 0 spiro atoms. The summed E-state index contributed by atoms with van der Waals surface area (Å²) >= 11 is 0. The van der Waals surface area contributed by atoms with Crippen molar-refractivity contribution in [3.05, 3.63) is 23.9 Å². The second kappa shape index (κ2) is 5.30. The molecular weight excluding hydrogens is 262 g/mol. The Labute approximate surface area is 125 Å². The van der Waals surface area contributed by atoms with Crippen molar-refractivity contribution in [2.75, 3.05) is 24.5 Å². The summed E-state index contributed by atoms with van der Waals surface area (Å²) in [5.41, 5.74) is 2.16. The summed E-state index contributed by atoms with van der Waals surface area (Å²) in [5, 5.41) is 8.29. The number of aryl methyl sites for hydroxylation is 1. The van der Waals surface area contributed by atoms with Gasteiger partial charge in [0.2, 0.25) is 5.95 Å². The van der Waals surface area contributed by atoms with E-state index in [-0.39, 0.29) is 0 Å². The van der Waals surface area contributed by atoms with E-state index in [9.17, 15) is 0 Å². The first-order valence-corrected chi connectivity index (χ1v) is 8.11. The number of hydrogen-bond acceptors (Lipinski definition) is 4. The van der Waals surface area contributed by atoms with Crippen LogP contribution in [-0.2, 0) is 0 Å². The molecule has 2 aliphatic rings. The van der Waals surface area contributed by atoms with E-state index in [2.05, 4.69) is 28.3 Å². The van der Waals surface area contributed by atoms with Crippen LogP contribution in [0.5, 0.6) is 0 Å². The van der Waals surface area contributed by atoms with E-state index in [0.717, 1.165) is 36.6 Å². The van der Waals surface area contributed by atoms with Crippen molar-refractivity contribution >= 4 is 11.6 Å². The number of fused-ring (bicyclic) bond motifs is 1. The normalized spacial score (nSPS) is 24.0. The van der Waals surface area contributed by atoms with E-state index in [4.69, 9.17) is 4.98 Å². The molecule has 112 valence electrons. The summed E-state index contributed by atoms with van der Waals surface area (Å²) in [4.78, 5) is 7.07. The SMILES string of the molecule is Cc1cccn2nc(N3CCC(C4CCCN4)CC3)nc12. The Morgan fingerprint density at radius 3 is 2.81 bits per heavy atom. The zero-order valence-corrected chi connectivity index (χ0v) is 12.6. The fraction of sp³-hybridized carbons (Fsp3) is 0.625. The van der Waals surface area contributed by atoms with Gasteiger partial charge in [-0.3, -0.25) is 0 Å². The first-order valence-electron chi connectivity index (χ1n) is 8.11. The Morgan fingerprint density at radius 1 is 1.24 bits per heavy atom. The molecule has 4 heterocycles. The van der Waals surface area contributed by atoms with Gasteiger partial charge in [-0.05, 0) is 56.7 Å². The summed E-state index contributed by atoms with van der Waals surface area (Å²) in [7, 11) is 0. The first-order chi connectivity index (χ1) is 10.3. The van der Waals surface area contributed by atoms with Crippen LogP contribution in [0.3, 0.4) is 0 Å². The van der Waals surface area contributed by atoms with Gasteiger partial charge >= 0.3 is 0 Å². The number of anilines is 1. The molecule has 0 radical (unpaired) electrons. The molecule has 2 aromatic heterocycles. The summed E-state index contributed by atoms with van der Waals surface area (Å²) < 4.78 is 1.90. The standard InChI is InChI=1S/C16H23N5/c1-12-4-3-9-21-15(12)18-16(19-21)20-10-6-13(7-11-20)14-5-2-8-17-14/h3-4,9,13-14,17H,2,5-8,10-11H2,1H3. The van der Waals surface area contributed by atoms with E-state index in [1.165, 1.54) is 37.8 Å². The van der Waals surface area contributed by atoms with Crippen LogP contribution in [0.25, 0.3) is 5.65 Å². The lowest BCUT2D eigenvalue weighted by Crippen LogP contribution is -2.41. The molecule has 2 aliphatic heterocycles. The van der Waals surface area contributed by atoms with Crippen molar-refractivity contribution in [2.45, 2.75) is 38.6 Å². The molecule has 2 fully saturated rings. The predicted octanol–water partition coefficient (Wildman–Crippen LogP) is 2.01. The predicted molar refractivity (Wildman–Crippen MR) is 83.7 cm³/mol. The average molecular weight is 285 g/mol. The van der Waals surface area contributed by atoms with Crippen LogP contribution in [-0.4, -0.2) is 40.3 Å². The zero-order valence-electron chi connectivity index (χ0n) is 12.6. The number of piperidine rings is 1. The molecule has 21 heavy (non-hydrogen) atoms. The minimum atomic E-state index is 0.753. The zero-order chi connectivity index (χ0) is 14.2. The van der Waals surface area contributed by atoms with Gasteiger partial charge in [-0.1, -0.05) is 6.07 Å². The molecule has 4 rings (SSSR count). The molecule has 0 bridgehead atoms. The van der Waals surface area contributed by atoms with Crippen molar-refractivity contribution in [1.29, 1.82) is 0 Å². The average Bonchev–Trinajstić information content (AvgIpc) is 3.18. The Morgan fingerprint density at radius 2 is 2.10 bits per heavy atom. The molecule has 0 aliphatic carbocycles. The van der Waals surface area contributed by atoms with Gasteiger partial charge in [-0.25, -0.2) is 4.52 Å². The van der Waals surface area contributed by atoms with Gasteiger partial charge in [0, 0.05) is 25.3 Å². The summed E-state index contributed by atoms with van der Waals surface area (Å²) in [5.74, 6) is 1.73. The minimum Gasteiger partial charge on any atom is -0.339 e. The summed E-state index contributed by atoms with van der Waals surface area (Å²) in [6.07, 6.45) is 7.20. The Kier molecular flexibility index (Phi) is 3.30. The van der Waals surface area contributed by atoms with E-state index < -0.39 is 0 Å². The maximum Gasteiger partial charge on any atom is 0.245 e. The van der Waals surface area contributed by atoms with E-state index in [0.29, 0.717) is 0 Å². The van der Waals surface area contributed by atoms with E-state index >= 15 is 0 Å². The Balaban J connectivity index is 1.48. The van der Waals surface area contributed by atoms with Crippen LogP contribution < -0.4 is 10.2 Å². The molecule has 0 aromatic carbocycles. The van der Waals surface area contributed by atoms with Crippen molar-refractivity contribution in [2.24, 2.45) is 5.92 Å². The number of rotatable bonds is 2. The maximum atomic E-state index is 4.72. The first kappa shape index (κ1) is 13.1. The number of nitrogens with zero attached hydrogens (tertiary/aromatic N) is 4. The van der Waals surface area contributed by atoms with Crippen molar-refractivity contribution in [3.8, 4) is 0 Å². The van der Waals surface area contributed by atoms with Gasteiger partial charge in [0.15, 0.2) is 5.65 Å². The van der Waals surface area contributed by atoms with Gasteiger partial charge in [0.05, 0.1) is 0 Å². The van der Waals surface area contributed by atoms with Crippen LogP contribution >= 0.6 is 0 Å². The lowest BCUT2D eigenvalue weighted by molar-refractivity contribution is 0.317. The number of pyridine rings is 1. The largest absolute Gasteiger partial charge is 0.339 e. The van der Waals surface area contributed by atoms with Crippen LogP contribution in [0.2, 0.25) is 0 Å². The van der Waals surface area contributed by atoms with Gasteiger partial charge in [0.25, 0.3) is 0 Å². The van der Waals surface area contributed by atoms with E-state index in [1.54, 1.807) is 0 Å². The number of aromatic nitrogens is 3. The van der Waals surface area contributed by atoms with E-state index in [1.807, 2.05) is 16.8 Å².